The standard InChI is InChI=1S/C10H19BrN5O4P.C9H14Br2N3O5P/c1-3-5-13-21(19,14-6-4-11)20-8-9-7-12-10(15(9)2)16(17)18;10-3-5-12-20(17,13-6-4-11)18-7-8-1-2-9(19-8)14(15)16/h7H,3-6,8H2,1-2H3,(H2,13,14,19);1-2H,3-7H2,(H2,12,13,17). The van der Waals surface area contributed by atoms with E-state index in [-0.39, 0.29) is 30.8 Å². The highest BCUT2D eigenvalue weighted by atomic mass is 79.9. The Labute approximate surface area is 262 Å². The monoisotopic (exact) mass is 816 g/mol. The molecule has 0 radical (unpaired) electrons. The van der Waals surface area contributed by atoms with Crippen LogP contribution in [-0.4, -0.2) is 61.6 Å². The second-order valence-corrected chi connectivity index (χ2v) is 14.1. The lowest BCUT2D eigenvalue weighted by Crippen LogP contribution is -2.26. The number of nitro groups is 2. The molecule has 0 fully saturated rings. The fraction of sp³-hybridized carbons (Fsp3) is 0.632. The molecule has 0 saturated carbocycles. The van der Waals surface area contributed by atoms with Crippen molar-refractivity contribution in [2.24, 2.45) is 7.05 Å². The lowest BCUT2D eigenvalue weighted by molar-refractivity contribution is -0.402. The summed E-state index contributed by atoms with van der Waals surface area (Å²) >= 11 is 9.67. The highest BCUT2D eigenvalue weighted by Gasteiger charge is 2.25. The SMILES string of the molecule is CCCNP(=O)(NCCBr)OCc1cnc([N+](=O)[O-])n1C.O=[N+]([O-])c1ccc(COP(=O)(NCCBr)NCCBr)o1. The first-order valence-corrected chi connectivity index (χ1v) is 18.6. The van der Waals surface area contributed by atoms with Crippen LogP contribution in [-0.2, 0) is 38.4 Å². The Bertz CT molecular complexity index is 1160. The second kappa shape index (κ2) is 20.0. The van der Waals surface area contributed by atoms with E-state index in [4.69, 9.17) is 13.5 Å². The third kappa shape index (κ3) is 14.3. The van der Waals surface area contributed by atoms with Crippen LogP contribution in [0.1, 0.15) is 24.8 Å². The summed E-state index contributed by atoms with van der Waals surface area (Å²) in [5.41, 5.74) is 0.473. The molecule has 0 aliphatic rings. The normalized spacial score (nSPS) is 12.9. The van der Waals surface area contributed by atoms with Gasteiger partial charge in [-0.3, -0.25) is 28.3 Å². The number of imidazole rings is 1. The van der Waals surface area contributed by atoms with Gasteiger partial charge in [-0.2, -0.15) is 0 Å². The van der Waals surface area contributed by atoms with Crippen molar-refractivity contribution in [3.63, 3.8) is 0 Å². The zero-order valence-electron chi connectivity index (χ0n) is 22.3. The van der Waals surface area contributed by atoms with E-state index in [1.165, 1.54) is 29.9 Å². The van der Waals surface area contributed by atoms with Crippen molar-refractivity contribution >= 4 is 75.0 Å². The van der Waals surface area contributed by atoms with Gasteiger partial charge in [0.1, 0.15) is 35.8 Å². The molecule has 0 saturated heterocycles. The maximum Gasteiger partial charge on any atom is 0.434 e. The van der Waals surface area contributed by atoms with Crippen LogP contribution in [0.2, 0.25) is 0 Å². The average Bonchev–Trinajstić information content (AvgIpc) is 3.58. The van der Waals surface area contributed by atoms with Gasteiger partial charge in [0.15, 0.2) is 0 Å². The van der Waals surface area contributed by atoms with Crippen molar-refractivity contribution in [1.82, 2.24) is 29.9 Å². The minimum atomic E-state index is -3.22. The smallest absolute Gasteiger partial charge is 0.403 e. The summed E-state index contributed by atoms with van der Waals surface area (Å²) in [6.07, 6.45) is 2.15. The van der Waals surface area contributed by atoms with E-state index < -0.39 is 25.2 Å². The predicted molar refractivity (Wildman–Crippen MR) is 164 cm³/mol. The first-order chi connectivity index (χ1) is 19.4. The van der Waals surface area contributed by atoms with E-state index in [9.17, 15) is 29.4 Å². The van der Waals surface area contributed by atoms with Gasteiger partial charge in [-0.15, -0.1) is 0 Å². The van der Waals surface area contributed by atoms with Crippen LogP contribution in [0.5, 0.6) is 0 Å². The predicted octanol–water partition coefficient (Wildman–Crippen LogP) is 4.72. The summed E-state index contributed by atoms with van der Waals surface area (Å²) in [5, 5.41) is 34.2. The minimum Gasteiger partial charge on any atom is -0.403 e. The molecule has 1 atom stereocenters. The van der Waals surface area contributed by atoms with Gasteiger partial charge < -0.3 is 14.5 Å². The summed E-state index contributed by atoms with van der Waals surface area (Å²) < 4.78 is 41.9. The molecule has 234 valence electrons. The largest absolute Gasteiger partial charge is 0.434 e. The van der Waals surface area contributed by atoms with Gasteiger partial charge in [-0.25, -0.2) is 24.9 Å². The molecule has 0 aliphatic carbocycles. The van der Waals surface area contributed by atoms with Crippen molar-refractivity contribution in [3.05, 3.63) is 50.0 Å². The fourth-order valence-corrected chi connectivity index (χ4v) is 7.18. The van der Waals surface area contributed by atoms with E-state index in [2.05, 4.69) is 73.1 Å². The van der Waals surface area contributed by atoms with Crippen LogP contribution in [0.15, 0.2) is 22.7 Å². The lowest BCUT2D eigenvalue weighted by atomic mass is 10.5. The first kappa shape index (κ1) is 38.0. The highest BCUT2D eigenvalue weighted by Crippen LogP contribution is 2.39. The molecule has 0 aliphatic heterocycles. The molecule has 17 nitrogen and oxygen atoms in total. The minimum absolute atomic E-state index is 0.0411. The summed E-state index contributed by atoms with van der Waals surface area (Å²) in [7, 11) is -4.90. The van der Waals surface area contributed by atoms with Crippen molar-refractivity contribution in [2.45, 2.75) is 26.6 Å². The van der Waals surface area contributed by atoms with Gasteiger partial charge in [0.2, 0.25) is 0 Å². The Balaban J connectivity index is 0.000000410. The Kier molecular flexibility index (Phi) is 18.5. The van der Waals surface area contributed by atoms with Crippen molar-refractivity contribution in [3.8, 4) is 0 Å². The van der Waals surface area contributed by atoms with Crippen molar-refractivity contribution in [2.75, 3.05) is 42.2 Å². The van der Waals surface area contributed by atoms with Gasteiger partial charge in [0, 0.05) is 42.2 Å². The van der Waals surface area contributed by atoms with E-state index in [0.717, 1.165) is 6.42 Å². The first-order valence-electron chi connectivity index (χ1n) is 12.0. The van der Waals surface area contributed by atoms with E-state index in [1.54, 1.807) is 0 Å². The van der Waals surface area contributed by atoms with Crippen LogP contribution in [0.4, 0.5) is 11.8 Å². The second-order valence-electron chi connectivity index (χ2n) is 7.71. The van der Waals surface area contributed by atoms with Gasteiger partial charge in [0.05, 0.1) is 13.1 Å². The number of hydrogen-bond acceptors (Lipinski definition) is 10. The van der Waals surface area contributed by atoms with Gasteiger partial charge >= 0.3 is 27.2 Å². The Morgan fingerprint density at radius 1 is 0.902 bits per heavy atom. The summed E-state index contributed by atoms with van der Waals surface area (Å²) in [6, 6.07) is 2.64. The third-order valence-electron chi connectivity index (χ3n) is 4.65. The Morgan fingerprint density at radius 3 is 1.83 bits per heavy atom. The molecule has 22 heteroatoms. The molecule has 2 rings (SSSR count). The zero-order valence-corrected chi connectivity index (χ0v) is 28.8. The molecule has 1 unspecified atom stereocenters. The summed E-state index contributed by atoms with van der Waals surface area (Å²) in [5.74, 6) is -0.420. The molecule has 2 aromatic heterocycles. The lowest BCUT2D eigenvalue weighted by Gasteiger charge is -2.19. The molecular formula is C19H33Br3N8O9P2. The molecule has 2 aromatic rings. The van der Waals surface area contributed by atoms with Crippen LogP contribution < -0.4 is 20.3 Å². The van der Waals surface area contributed by atoms with Gasteiger partial charge in [-0.05, 0) is 17.4 Å². The number of halogens is 3. The molecule has 0 amide bonds. The quantitative estimate of drug-likeness (QED) is 0.0616. The van der Waals surface area contributed by atoms with Crippen molar-refractivity contribution in [1.29, 1.82) is 0 Å². The number of rotatable bonds is 20. The number of furan rings is 1. The molecular weight excluding hydrogens is 786 g/mol. The van der Waals surface area contributed by atoms with E-state index in [0.29, 0.717) is 47.9 Å². The summed E-state index contributed by atoms with van der Waals surface area (Å²) in [4.78, 5) is 23.7. The number of hydrogen-bond donors (Lipinski definition) is 4. The Hall–Kier alpha value is -1.05. The van der Waals surface area contributed by atoms with E-state index >= 15 is 0 Å². The number of nitrogens with one attached hydrogen (secondary N) is 4. The maximum atomic E-state index is 12.5. The zero-order chi connectivity index (χ0) is 30.9. The van der Waals surface area contributed by atoms with Gasteiger partial charge in [0.25, 0.3) is 0 Å². The number of aromatic nitrogens is 2. The number of nitrogens with zero attached hydrogens (tertiary/aromatic N) is 4. The van der Waals surface area contributed by atoms with Crippen LogP contribution in [0.3, 0.4) is 0 Å². The molecule has 4 N–H and O–H groups in total. The number of alkyl halides is 3. The molecule has 0 spiro atoms. The fourth-order valence-electron chi connectivity index (χ4n) is 2.71. The maximum absolute atomic E-state index is 12.5. The molecule has 2 heterocycles. The highest BCUT2D eigenvalue weighted by molar-refractivity contribution is 9.09. The van der Waals surface area contributed by atoms with Crippen LogP contribution in [0.25, 0.3) is 0 Å². The van der Waals surface area contributed by atoms with Crippen molar-refractivity contribution < 1.29 is 32.4 Å². The van der Waals surface area contributed by atoms with Gasteiger partial charge in [-0.1, -0.05) is 59.7 Å². The van der Waals surface area contributed by atoms with Crippen LogP contribution in [0, 0.1) is 20.2 Å². The summed E-state index contributed by atoms with van der Waals surface area (Å²) in [6.45, 7) is 3.69. The van der Waals surface area contributed by atoms with Crippen LogP contribution >= 0.6 is 63.1 Å². The Morgan fingerprint density at radius 2 is 1.41 bits per heavy atom. The topological polar surface area (TPSA) is 218 Å². The molecule has 0 aromatic carbocycles. The average molecular weight is 819 g/mol. The van der Waals surface area contributed by atoms with E-state index in [1.807, 2.05) is 6.92 Å². The molecule has 41 heavy (non-hydrogen) atoms. The molecule has 0 bridgehead atoms. The third-order valence-corrected chi connectivity index (χ3v) is 9.38.